The number of rotatable bonds is 8. The van der Waals surface area contributed by atoms with Gasteiger partial charge in [0.15, 0.2) is 0 Å². The number of nitriles is 1. The molecular weight excluding hydrogens is 411 g/mol. The molecule has 1 saturated carbocycles. The van der Waals surface area contributed by atoms with E-state index < -0.39 is 17.7 Å². The number of nitrogens with zero attached hydrogens (tertiary/aromatic N) is 2. The molecule has 4 rings (SSSR count). The predicted octanol–water partition coefficient (Wildman–Crippen LogP) is 4.89. The Labute approximate surface area is 184 Å². The molecule has 1 N–H and O–H groups in total. The largest absolute Gasteiger partial charge is 0.494 e. The number of fused-ring (bicyclic) bond motifs is 1. The van der Waals surface area contributed by atoms with Crippen LogP contribution in [0.15, 0.2) is 47.3 Å². The fourth-order valence-electron chi connectivity index (χ4n) is 4.03. The number of hydrogen-bond donors (Lipinski definition) is 1. The van der Waals surface area contributed by atoms with Crippen molar-refractivity contribution < 1.29 is 19.0 Å². The number of ether oxygens (including phenoxy) is 1. The van der Waals surface area contributed by atoms with Crippen LogP contribution in [-0.4, -0.2) is 22.2 Å². The lowest BCUT2D eigenvalue weighted by molar-refractivity contribution is -0.142. The second-order valence-corrected chi connectivity index (χ2v) is 8.04. The van der Waals surface area contributed by atoms with Gasteiger partial charge in [-0.05, 0) is 61.6 Å². The molecule has 0 saturated heterocycles. The van der Waals surface area contributed by atoms with Gasteiger partial charge >= 0.3 is 5.97 Å². The van der Waals surface area contributed by atoms with Crippen LogP contribution in [0.5, 0.6) is 5.75 Å². The molecular formula is C25H23FN2O4. The van der Waals surface area contributed by atoms with Crippen LogP contribution in [0, 0.1) is 23.1 Å². The zero-order valence-corrected chi connectivity index (χ0v) is 17.7. The number of pyridine rings is 1. The van der Waals surface area contributed by atoms with Gasteiger partial charge in [0.1, 0.15) is 23.3 Å². The second kappa shape index (κ2) is 8.83. The Morgan fingerprint density at radius 3 is 2.69 bits per heavy atom. The van der Waals surface area contributed by atoms with E-state index in [2.05, 4.69) is 6.07 Å². The smallest absolute Gasteiger partial charge is 0.306 e. The molecule has 164 valence electrons. The summed E-state index contributed by atoms with van der Waals surface area (Å²) in [6, 6.07) is 13.1. The van der Waals surface area contributed by atoms with Gasteiger partial charge < -0.3 is 9.84 Å². The van der Waals surface area contributed by atoms with Crippen molar-refractivity contribution in [3.8, 4) is 22.9 Å². The molecule has 2 aromatic carbocycles. The highest BCUT2D eigenvalue weighted by molar-refractivity contribution is 5.99. The Kier molecular flexibility index (Phi) is 5.95. The third-order valence-electron chi connectivity index (χ3n) is 5.90. The Morgan fingerprint density at radius 2 is 2.06 bits per heavy atom. The third kappa shape index (κ3) is 4.09. The fourth-order valence-corrected chi connectivity index (χ4v) is 4.03. The average molecular weight is 434 g/mol. The predicted molar refractivity (Wildman–Crippen MR) is 118 cm³/mol. The topological polar surface area (TPSA) is 92.3 Å². The van der Waals surface area contributed by atoms with Gasteiger partial charge in [-0.1, -0.05) is 19.1 Å². The Balaban J connectivity index is 1.83. The van der Waals surface area contributed by atoms with E-state index in [4.69, 9.17) is 4.74 Å². The number of carbonyl (C=O) groups is 1. The number of carboxylic acid groups (broad SMARTS) is 1. The lowest BCUT2D eigenvalue weighted by Gasteiger charge is -2.17. The van der Waals surface area contributed by atoms with Crippen molar-refractivity contribution >= 4 is 16.7 Å². The van der Waals surface area contributed by atoms with E-state index in [0.29, 0.717) is 40.5 Å². The Morgan fingerprint density at radius 1 is 1.28 bits per heavy atom. The van der Waals surface area contributed by atoms with Gasteiger partial charge in [-0.3, -0.25) is 14.2 Å². The summed E-state index contributed by atoms with van der Waals surface area (Å²) in [5.41, 5.74) is 0.971. The van der Waals surface area contributed by atoms with Crippen molar-refractivity contribution in [2.24, 2.45) is 5.92 Å². The molecule has 0 amide bonds. The molecule has 0 bridgehead atoms. The maximum Gasteiger partial charge on any atom is 0.306 e. The quantitative estimate of drug-likeness (QED) is 0.545. The summed E-state index contributed by atoms with van der Waals surface area (Å²) in [6.45, 7) is 2.02. The van der Waals surface area contributed by atoms with Crippen LogP contribution in [0.4, 0.5) is 4.39 Å². The Bertz CT molecular complexity index is 1290. The van der Waals surface area contributed by atoms with Crippen LogP contribution >= 0.6 is 0 Å². The van der Waals surface area contributed by atoms with E-state index in [1.807, 2.05) is 6.92 Å². The fraction of sp³-hybridized carbons (Fsp3) is 0.320. The molecule has 0 aliphatic heterocycles. The van der Waals surface area contributed by atoms with Crippen molar-refractivity contribution in [3.63, 3.8) is 0 Å². The number of aliphatic carboxylic acids is 1. The zero-order chi connectivity index (χ0) is 22.8. The van der Waals surface area contributed by atoms with Gasteiger partial charge in [-0.25, -0.2) is 4.39 Å². The molecule has 3 aromatic rings. The molecule has 1 aromatic heterocycles. The molecule has 6 nitrogen and oxygen atoms in total. The van der Waals surface area contributed by atoms with E-state index in [1.165, 1.54) is 16.7 Å². The number of aromatic nitrogens is 1. The van der Waals surface area contributed by atoms with Crippen LogP contribution in [0.1, 0.15) is 44.3 Å². The SMILES string of the molecule is CCC(CCOc1ccc2c(=O)n(C3CC3)c(C#N)c(-c3cccc(F)c3)c2c1)C(=O)O. The van der Waals surface area contributed by atoms with E-state index in [-0.39, 0.29) is 23.9 Å². The first-order valence-corrected chi connectivity index (χ1v) is 10.7. The van der Waals surface area contributed by atoms with E-state index in [9.17, 15) is 24.3 Å². The molecule has 1 atom stereocenters. The molecule has 1 unspecified atom stereocenters. The van der Waals surface area contributed by atoms with E-state index in [1.54, 1.807) is 30.3 Å². The zero-order valence-electron chi connectivity index (χ0n) is 17.7. The van der Waals surface area contributed by atoms with Gasteiger partial charge in [-0.15, -0.1) is 0 Å². The highest BCUT2D eigenvalue weighted by atomic mass is 19.1. The lowest BCUT2D eigenvalue weighted by Crippen LogP contribution is -2.23. The molecule has 1 aliphatic rings. The van der Waals surface area contributed by atoms with Crippen LogP contribution < -0.4 is 10.3 Å². The number of benzene rings is 2. The summed E-state index contributed by atoms with van der Waals surface area (Å²) in [6.07, 6.45) is 2.51. The third-order valence-corrected chi connectivity index (χ3v) is 5.90. The van der Waals surface area contributed by atoms with Gasteiger partial charge in [-0.2, -0.15) is 5.26 Å². The minimum Gasteiger partial charge on any atom is -0.494 e. The normalized spacial score (nSPS) is 14.2. The first-order chi connectivity index (χ1) is 15.4. The summed E-state index contributed by atoms with van der Waals surface area (Å²) >= 11 is 0. The summed E-state index contributed by atoms with van der Waals surface area (Å²) in [5, 5.41) is 20.1. The maximum atomic E-state index is 14.0. The lowest BCUT2D eigenvalue weighted by atomic mass is 9.96. The number of carboxylic acids is 1. The first kappa shape index (κ1) is 21.6. The van der Waals surface area contributed by atoms with Gasteiger partial charge in [0, 0.05) is 22.4 Å². The number of hydrogen-bond acceptors (Lipinski definition) is 4. The Hall–Kier alpha value is -3.66. The number of halogens is 1. The van der Waals surface area contributed by atoms with Gasteiger partial charge in [0.2, 0.25) is 0 Å². The minimum atomic E-state index is -0.859. The standard InChI is InChI=1S/C25H23FN2O4/c1-2-15(25(30)31)10-11-32-19-8-9-20-21(13-19)23(16-4-3-5-17(26)12-16)22(14-27)28(24(20)29)18-6-7-18/h3-5,8-9,12-13,15,18H,2,6-7,10-11H2,1H3,(H,30,31). The van der Waals surface area contributed by atoms with Crippen molar-refractivity contribution in [1.82, 2.24) is 4.57 Å². The summed E-state index contributed by atoms with van der Waals surface area (Å²) < 4.78 is 21.4. The second-order valence-electron chi connectivity index (χ2n) is 8.04. The van der Waals surface area contributed by atoms with Crippen molar-refractivity contribution in [3.05, 3.63) is 64.3 Å². The molecule has 0 spiro atoms. The maximum absolute atomic E-state index is 14.0. The minimum absolute atomic E-state index is 0.0215. The van der Waals surface area contributed by atoms with Crippen molar-refractivity contribution in [2.45, 2.75) is 38.6 Å². The molecule has 1 heterocycles. The van der Waals surface area contributed by atoms with Crippen LogP contribution in [0.25, 0.3) is 21.9 Å². The highest BCUT2D eigenvalue weighted by Crippen LogP contribution is 2.39. The molecule has 0 radical (unpaired) electrons. The molecule has 7 heteroatoms. The van der Waals surface area contributed by atoms with Crippen LogP contribution in [-0.2, 0) is 4.79 Å². The van der Waals surface area contributed by atoms with E-state index >= 15 is 0 Å². The highest BCUT2D eigenvalue weighted by Gasteiger charge is 2.30. The van der Waals surface area contributed by atoms with Crippen LogP contribution in [0.2, 0.25) is 0 Å². The molecule has 1 aliphatic carbocycles. The molecule has 32 heavy (non-hydrogen) atoms. The van der Waals surface area contributed by atoms with Gasteiger partial charge in [0.05, 0.1) is 12.5 Å². The van der Waals surface area contributed by atoms with Gasteiger partial charge in [0.25, 0.3) is 5.56 Å². The van der Waals surface area contributed by atoms with Crippen molar-refractivity contribution in [2.75, 3.05) is 6.61 Å². The summed E-state index contributed by atoms with van der Waals surface area (Å²) in [5.74, 6) is -1.32. The summed E-state index contributed by atoms with van der Waals surface area (Å²) in [7, 11) is 0. The molecule has 1 fully saturated rings. The average Bonchev–Trinajstić information content (AvgIpc) is 3.61. The van der Waals surface area contributed by atoms with Crippen molar-refractivity contribution in [1.29, 1.82) is 5.26 Å². The summed E-state index contributed by atoms with van der Waals surface area (Å²) in [4.78, 5) is 24.4. The van der Waals surface area contributed by atoms with E-state index in [0.717, 1.165) is 12.8 Å². The van der Waals surface area contributed by atoms with Crippen LogP contribution in [0.3, 0.4) is 0 Å². The first-order valence-electron chi connectivity index (χ1n) is 10.7. The monoisotopic (exact) mass is 434 g/mol.